The lowest BCUT2D eigenvalue weighted by Gasteiger charge is -2.32. The summed E-state index contributed by atoms with van der Waals surface area (Å²) >= 11 is 0. The van der Waals surface area contributed by atoms with E-state index in [4.69, 9.17) is 5.11 Å². The van der Waals surface area contributed by atoms with Gasteiger partial charge in [-0.3, -0.25) is 4.79 Å². The van der Waals surface area contributed by atoms with Crippen molar-refractivity contribution in [3.8, 4) is 0 Å². The van der Waals surface area contributed by atoms with Crippen LogP contribution in [0, 0.1) is 5.92 Å². The summed E-state index contributed by atoms with van der Waals surface area (Å²) in [7, 11) is -3.66. The maximum atomic E-state index is 12.2. The number of hydrogen-bond acceptors (Lipinski definition) is 3. The highest BCUT2D eigenvalue weighted by atomic mass is 32.2. The van der Waals surface area contributed by atoms with Gasteiger partial charge in [0.25, 0.3) is 10.2 Å². The number of carboxylic acids is 1. The number of nitrogens with zero attached hydrogens (tertiary/aromatic N) is 1. The first-order valence-corrected chi connectivity index (χ1v) is 8.44. The van der Waals surface area contributed by atoms with Crippen molar-refractivity contribution >= 4 is 16.2 Å². The molecule has 1 atom stereocenters. The first-order valence-electron chi connectivity index (χ1n) is 7.00. The van der Waals surface area contributed by atoms with Crippen molar-refractivity contribution < 1.29 is 18.3 Å². The van der Waals surface area contributed by atoms with Gasteiger partial charge in [0.1, 0.15) is 6.04 Å². The zero-order valence-corrected chi connectivity index (χ0v) is 11.9. The Labute approximate surface area is 114 Å². The molecule has 1 aliphatic heterocycles. The van der Waals surface area contributed by atoms with E-state index in [1.807, 2.05) is 0 Å². The van der Waals surface area contributed by atoms with Crippen LogP contribution in [0.2, 0.25) is 0 Å². The van der Waals surface area contributed by atoms with Gasteiger partial charge < -0.3 is 5.11 Å². The highest BCUT2D eigenvalue weighted by molar-refractivity contribution is 7.87. The summed E-state index contributed by atoms with van der Waals surface area (Å²) in [6, 6.07) is -0.908. The van der Waals surface area contributed by atoms with E-state index in [1.165, 1.54) is 0 Å². The summed E-state index contributed by atoms with van der Waals surface area (Å²) in [5.41, 5.74) is 0. The molecule has 0 aromatic carbocycles. The molecule has 0 spiro atoms. The van der Waals surface area contributed by atoms with E-state index in [2.05, 4.69) is 4.72 Å². The molecule has 2 fully saturated rings. The van der Waals surface area contributed by atoms with Gasteiger partial charge in [-0.15, -0.1) is 0 Å². The summed E-state index contributed by atoms with van der Waals surface area (Å²) in [6.45, 7) is 0.738. The number of aliphatic carboxylic acids is 1. The Morgan fingerprint density at radius 2 is 1.79 bits per heavy atom. The third-order valence-corrected chi connectivity index (χ3v) is 5.66. The Bertz CT molecular complexity index is 417. The molecule has 0 aromatic heterocycles. The molecule has 0 bridgehead atoms. The molecule has 2 aliphatic rings. The van der Waals surface area contributed by atoms with Gasteiger partial charge in [0, 0.05) is 13.1 Å². The molecule has 2 rings (SSSR count). The molecule has 0 aromatic rings. The Morgan fingerprint density at radius 1 is 1.16 bits per heavy atom. The number of hydrogen-bond donors (Lipinski definition) is 2. The zero-order valence-electron chi connectivity index (χ0n) is 11.0. The molecule has 1 unspecified atom stereocenters. The fraction of sp³-hybridized carbons (Fsp3) is 0.917. The molecule has 1 saturated heterocycles. The molecule has 1 saturated carbocycles. The van der Waals surface area contributed by atoms with Crippen LogP contribution in [0.4, 0.5) is 0 Å². The lowest BCUT2D eigenvalue weighted by atomic mass is 10.1. The molecule has 19 heavy (non-hydrogen) atoms. The molecule has 7 heteroatoms. The van der Waals surface area contributed by atoms with Gasteiger partial charge >= 0.3 is 5.97 Å². The fourth-order valence-corrected chi connectivity index (χ4v) is 4.47. The number of rotatable bonds is 5. The van der Waals surface area contributed by atoms with Gasteiger partial charge in [-0.05, 0) is 38.0 Å². The van der Waals surface area contributed by atoms with Crippen LogP contribution in [0.3, 0.4) is 0 Å². The second-order valence-electron chi connectivity index (χ2n) is 5.46. The maximum absolute atomic E-state index is 12.2. The van der Waals surface area contributed by atoms with Crippen LogP contribution in [-0.2, 0) is 15.0 Å². The quantitative estimate of drug-likeness (QED) is 0.789. The third kappa shape index (κ3) is 3.67. The van der Waals surface area contributed by atoms with Crippen molar-refractivity contribution in [2.45, 2.75) is 51.0 Å². The van der Waals surface area contributed by atoms with Crippen LogP contribution < -0.4 is 4.72 Å². The topological polar surface area (TPSA) is 86.7 Å². The summed E-state index contributed by atoms with van der Waals surface area (Å²) < 4.78 is 28.1. The molecule has 1 aliphatic carbocycles. The van der Waals surface area contributed by atoms with E-state index in [1.54, 1.807) is 0 Å². The summed E-state index contributed by atoms with van der Waals surface area (Å²) in [6.07, 6.45) is 6.34. The van der Waals surface area contributed by atoms with Crippen LogP contribution >= 0.6 is 0 Å². The molecular formula is C12H22N2O4S. The highest BCUT2D eigenvalue weighted by Gasteiger charge is 2.36. The Hall–Kier alpha value is -0.660. The van der Waals surface area contributed by atoms with Gasteiger partial charge in [0.05, 0.1) is 0 Å². The van der Waals surface area contributed by atoms with E-state index in [9.17, 15) is 13.2 Å². The molecule has 1 heterocycles. The number of piperidine rings is 1. The minimum Gasteiger partial charge on any atom is -0.480 e. The predicted molar refractivity (Wildman–Crippen MR) is 70.9 cm³/mol. The van der Waals surface area contributed by atoms with Crippen molar-refractivity contribution in [3.05, 3.63) is 0 Å². The van der Waals surface area contributed by atoms with Gasteiger partial charge in [-0.1, -0.05) is 12.8 Å². The molecule has 6 nitrogen and oxygen atoms in total. The van der Waals surface area contributed by atoms with E-state index >= 15 is 0 Å². The summed E-state index contributed by atoms with van der Waals surface area (Å²) in [5.74, 6) is -0.645. The standard InChI is InChI=1S/C12H22N2O4S/c15-12(16)11-7-3-4-8-14(11)19(17,18)13-9-10-5-1-2-6-10/h10-11,13H,1-9H2,(H,15,16). The van der Waals surface area contributed by atoms with Crippen molar-refractivity contribution in [1.29, 1.82) is 0 Å². The van der Waals surface area contributed by atoms with E-state index in [0.29, 0.717) is 25.4 Å². The Kier molecular flexibility index (Phi) is 4.81. The first kappa shape index (κ1) is 14.7. The maximum Gasteiger partial charge on any atom is 0.322 e. The van der Waals surface area contributed by atoms with Crippen LogP contribution in [0.15, 0.2) is 0 Å². The van der Waals surface area contributed by atoms with Crippen molar-refractivity contribution in [3.63, 3.8) is 0 Å². The second-order valence-corrected chi connectivity index (χ2v) is 7.17. The predicted octanol–water partition coefficient (Wildman–Crippen LogP) is 0.950. The van der Waals surface area contributed by atoms with Crippen molar-refractivity contribution in [1.82, 2.24) is 9.03 Å². The molecule has 110 valence electrons. The fourth-order valence-electron chi connectivity index (χ4n) is 2.96. The second kappa shape index (κ2) is 6.19. The number of carbonyl (C=O) groups is 1. The Balaban J connectivity index is 1.97. The molecule has 0 radical (unpaired) electrons. The molecule has 0 amide bonds. The average Bonchev–Trinajstić information content (AvgIpc) is 2.89. The summed E-state index contributed by atoms with van der Waals surface area (Å²) in [5, 5.41) is 9.12. The lowest BCUT2D eigenvalue weighted by Crippen LogP contribution is -2.52. The highest BCUT2D eigenvalue weighted by Crippen LogP contribution is 2.25. The van der Waals surface area contributed by atoms with E-state index in [-0.39, 0.29) is 0 Å². The minimum atomic E-state index is -3.66. The van der Waals surface area contributed by atoms with Crippen molar-refractivity contribution in [2.75, 3.05) is 13.1 Å². The zero-order chi connectivity index (χ0) is 13.9. The van der Waals surface area contributed by atoms with Gasteiger partial charge in [0.2, 0.25) is 0 Å². The largest absolute Gasteiger partial charge is 0.480 e. The molecule has 2 N–H and O–H groups in total. The SMILES string of the molecule is O=C(O)C1CCCCN1S(=O)(=O)NCC1CCCC1. The Morgan fingerprint density at radius 3 is 2.42 bits per heavy atom. The average molecular weight is 290 g/mol. The minimum absolute atomic E-state index is 0.303. The van der Waals surface area contributed by atoms with Crippen LogP contribution in [0.1, 0.15) is 44.9 Å². The third-order valence-electron chi connectivity index (χ3n) is 4.08. The number of nitrogens with one attached hydrogen (secondary N) is 1. The summed E-state index contributed by atoms with van der Waals surface area (Å²) in [4.78, 5) is 11.1. The van der Waals surface area contributed by atoms with E-state index < -0.39 is 22.2 Å². The van der Waals surface area contributed by atoms with Crippen LogP contribution in [0.25, 0.3) is 0 Å². The smallest absolute Gasteiger partial charge is 0.322 e. The van der Waals surface area contributed by atoms with Crippen molar-refractivity contribution in [2.24, 2.45) is 5.92 Å². The van der Waals surface area contributed by atoms with E-state index in [0.717, 1.165) is 42.8 Å². The van der Waals surface area contributed by atoms with Crippen LogP contribution in [-0.4, -0.2) is 42.9 Å². The first-order chi connectivity index (χ1) is 9.00. The van der Waals surface area contributed by atoms with Gasteiger partial charge in [-0.2, -0.15) is 12.7 Å². The monoisotopic (exact) mass is 290 g/mol. The lowest BCUT2D eigenvalue weighted by molar-refractivity contribution is -0.142. The van der Waals surface area contributed by atoms with Crippen LogP contribution in [0.5, 0.6) is 0 Å². The van der Waals surface area contributed by atoms with Gasteiger partial charge in [0.15, 0.2) is 0 Å². The normalized spacial score (nSPS) is 26.6. The molecular weight excluding hydrogens is 268 g/mol. The number of carboxylic acid groups (broad SMARTS) is 1. The van der Waals surface area contributed by atoms with Gasteiger partial charge in [-0.25, -0.2) is 4.72 Å².